The van der Waals surface area contributed by atoms with Crippen molar-refractivity contribution in [3.05, 3.63) is 23.8 Å². The summed E-state index contributed by atoms with van der Waals surface area (Å²) in [5, 5.41) is 5.77. The van der Waals surface area contributed by atoms with Crippen LogP contribution in [0.25, 0.3) is 0 Å². The Hall–Kier alpha value is -2.24. The first-order chi connectivity index (χ1) is 10.7. The Balaban J connectivity index is 1.59. The number of nitrogens with one attached hydrogen (secondary N) is 2. The molecule has 2 aliphatic heterocycles. The van der Waals surface area contributed by atoms with Crippen LogP contribution in [0.2, 0.25) is 0 Å². The third-order valence-electron chi connectivity index (χ3n) is 4.17. The molecule has 1 aromatic rings. The zero-order valence-electron chi connectivity index (χ0n) is 12.9. The molecule has 6 heteroatoms. The zero-order chi connectivity index (χ0) is 15.5. The average Bonchev–Trinajstić information content (AvgIpc) is 2.91. The fourth-order valence-electron chi connectivity index (χ4n) is 2.92. The van der Waals surface area contributed by atoms with Gasteiger partial charge in [-0.2, -0.15) is 0 Å². The Morgan fingerprint density at radius 1 is 1.27 bits per heavy atom. The van der Waals surface area contributed by atoms with Crippen LogP contribution in [-0.4, -0.2) is 49.6 Å². The monoisotopic (exact) mass is 302 g/mol. The molecule has 0 atom stereocenters. The summed E-state index contributed by atoms with van der Waals surface area (Å²) in [7, 11) is 0. The van der Waals surface area contributed by atoms with Gasteiger partial charge in [0.05, 0.1) is 6.42 Å². The predicted molar refractivity (Wildman–Crippen MR) is 86.3 cm³/mol. The molecule has 1 aromatic carbocycles. The van der Waals surface area contributed by atoms with E-state index < -0.39 is 0 Å². The Kier molecular flexibility index (Phi) is 4.18. The molecule has 0 aliphatic carbocycles. The van der Waals surface area contributed by atoms with E-state index in [4.69, 9.17) is 0 Å². The highest BCUT2D eigenvalue weighted by Crippen LogP contribution is 2.28. The van der Waals surface area contributed by atoms with Gasteiger partial charge in [-0.1, -0.05) is 6.92 Å². The van der Waals surface area contributed by atoms with Gasteiger partial charge in [0.25, 0.3) is 0 Å². The molecule has 0 saturated carbocycles. The molecule has 0 spiro atoms. The lowest BCUT2D eigenvalue weighted by atomic mass is 10.1. The third-order valence-corrected chi connectivity index (χ3v) is 4.17. The first-order valence-electron chi connectivity index (χ1n) is 7.88. The Bertz CT molecular complexity index is 580. The van der Waals surface area contributed by atoms with Gasteiger partial charge in [-0.25, -0.2) is 4.79 Å². The number of rotatable bonds is 3. The van der Waals surface area contributed by atoms with Gasteiger partial charge in [0.2, 0.25) is 5.91 Å². The van der Waals surface area contributed by atoms with Gasteiger partial charge in [0.15, 0.2) is 0 Å². The molecule has 1 fully saturated rings. The normalized spacial score (nSPS) is 17.2. The van der Waals surface area contributed by atoms with E-state index in [0.29, 0.717) is 6.42 Å². The Labute approximate surface area is 130 Å². The largest absolute Gasteiger partial charge is 0.368 e. The number of carbonyl (C=O) groups is 2. The van der Waals surface area contributed by atoms with Gasteiger partial charge < -0.3 is 20.4 Å². The van der Waals surface area contributed by atoms with E-state index in [0.717, 1.165) is 56.1 Å². The van der Waals surface area contributed by atoms with Gasteiger partial charge >= 0.3 is 6.03 Å². The minimum Gasteiger partial charge on any atom is -0.368 e. The second-order valence-corrected chi connectivity index (χ2v) is 5.77. The van der Waals surface area contributed by atoms with Crippen molar-refractivity contribution in [1.29, 1.82) is 0 Å². The zero-order valence-corrected chi connectivity index (χ0v) is 12.9. The summed E-state index contributed by atoms with van der Waals surface area (Å²) in [6, 6.07) is 6.12. The summed E-state index contributed by atoms with van der Waals surface area (Å²) in [5.41, 5.74) is 3.11. The smallest absolute Gasteiger partial charge is 0.317 e. The van der Waals surface area contributed by atoms with Gasteiger partial charge in [-0.3, -0.25) is 4.79 Å². The number of fused-ring (bicyclic) bond motifs is 1. The van der Waals surface area contributed by atoms with Crippen LogP contribution in [0.1, 0.15) is 18.9 Å². The number of urea groups is 1. The van der Waals surface area contributed by atoms with Crippen LogP contribution in [0.5, 0.6) is 0 Å². The maximum atomic E-state index is 11.9. The molecular weight excluding hydrogens is 280 g/mol. The van der Waals surface area contributed by atoms with Crippen molar-refractivity contribution < 1.29 is 9.59 Å². The number of piperazine rings is 1. The first kappa shape index (κ1) is 14.7. The van der Waals surface area contributed by atoms with Gasteiger partial charge in [-0.15, -0.1) is 0 Å². The Morgan fingerprint density at radius 3 is 2.77 bits per heavy atom. The van der Waals surface area contributed by atoms with E-state index in [-0.39, 0.29) is 11.9 Å². The quantitative estimate of drug-likeness (QED) is 0.887. The maximum Gasteiger partial charge on any atom is 0.317 e. The first-order valence-corrected chi connectivity index (χ1v) is 7.88. The average molecular weight is 302 g/mol. The van der Waals surface area contributed by atoms with Crippen LogP contribution in [0.3, 0.4) is 0 Å². The van der Waals surface area contributed by atoms with E-state index in [9.17, 15) is 9.59 Å². The summed E-state index contributed by atoms with van der Waals surface area (Å²) in [4.78, 5) is 27.5. The second-order valence-electron chi connectivity index (χ2n) is 5.77. The number of benzene rings is 1. The highest BCUT2D eigenvalue weighted by molar-refractivity contribution is 5.99. The molecule has 0 aromatic heterocycles. The SMILES string of the molecule is CCCNC(=O)N1CCN(c2ccc3c(c2)CC(=O)N3)CC1. The number of amides is 3. The van der Waals surface area contributed by atoms with Crippen molar-refractivity contribution in [1.82, 2.24) is 10.2 Å². The number of nitrogens with zero attached hydrogens (tertiary/aromatic N) is 2. The van der Waals surface area contributed by atoms with Crippen molar-refractivity contribution in [2.75, 3.05) is 42.9 Å². The van der Waals surface area contributed by atoms with E-state index in [1.807, 2.05) is 24.0 Å². The summed E-state index contributed by atoms with van der Waals surface area (Å²) in [6.45, 7) is 5.86. The molecule has 6 nitrogen and oxygen atoms in total. The molecule has 22 heavy (non-hydrogen) atoms. The molecule has 3 rings (SSSR count). The highest BCUT2D eigenvalue weighted by atomic mass is 16.2. The van der Waals surface area contributed by atoms with Crippen molar-refractivity contribution in [3.8, 4) is 0 Å². The van der Waals surface area contributed by atoms with Crippen molar-refractivity contribution in [2.24, 2.45) is 0 Å². The molecule has 0 radical (unpaired) electrons. The minimum absolute atomic E-state index is 0.0326. The molecule has 0 bridgehead atoms. The molecule has 3 amide bonds. The van der Waals surface area contributed by atoms with E-state index >= 15 is 0 Å². The molecule has 1 saturated heterocycles. The lowest BCUT2D eigenvalue weighted by Gasteiger charge is -2.36. The topological polar surface area (TPSA) is 64.7 Å². The van der Waals surface area contributed by atoms with E-state index in [2.05, 4.69) is 21.6 Å². The van der Waals surface area contributed by atoms with Crippen molar-refractivity contribution >= 4 is 23.3 Å². The number of anilines is 2. The van der Waals surface area contributed by atoms with Crippen molar-refractivity contribution in [2.45, 2.75) is 19.8 Å². The molecular formula is C16H22N4O2. The molecule has 0 unspecified atom stereocenters. The van der Waals surface area contributed by atoms with Gasteiger partial charge in [-0.05, 0) is 30.2 Å². The second kappa shape index (κ2) is 6.25. The highest BCUT2D eigenvalue weighted by Gasteiger charge is 2.23. The van der Waals surface area contributed by atoms with Crippen LogP contribution >= 0.6 is 0 Å². The molecule has 118 valence electrons. The third kappa shape index (κ3) is 3.00. The van der Waals surface area contributed by atoms with Gasteiger partial charge in [0.1, 0.15) is 0 Å². The van der Waals surface area contributed by atoms with Gasteiger partial charge in [0, 0.05) is 44.1 Å². The summed E-state index contributed by atoms with van der Waals surface area (Å²) in [6.07, 6.45) is 1.41. The van der Waals surface area contributed by atoms with Crippen LogP contribution < -0.4 is 15.5 Å². The molecule has 2 N–H and O–H groups in total. The standard InChI is InChI=1S/C16H22N4O2/c1-2-5-17-16(22)20-8-6-19(7-9-20)13-3-4-14-12(10-13)11-15(21)18-14/h3-4,10H,2,5-9,11H2,1H3,(H,17,22)(H,18,21). The molecule has 2 heterocycles. The number of hydrogen-bond donors (Lipinski definition) is 2. The number of carbonyl (C=O) groups excluding carboxylic acids is 2. The van der Waals surface area contributed by atoms with Crippen LogP contribution in [0.4, 0.5) is 16.2 Å². The van der Waals surface area contributed by atoms with Crippen molar-refractivity contribution in [3.63, 3.8) is 0 Å². The minimum atomic E-state index is 0.0326. The summed E-state index contributed by atoms with van der Waals surface area (Å²) >= 11 is 0. The fourth-order valence-corrected chi connectivity index (χ4v) is 2.92. The van der Waals surface area contributed by atoms with E-state index in [1.54, 1.807) is 0 Å². The molecule has 2 aliphatic rings. The van der Waals surface area contributed by atoms with Crippen LogP contribution in [-0.2, 0) is 11.2 Å². The van der Waals surface area contributed by atoms with Crippen LogP contribution in [0, 0.1) is 0 Å². The van der Waals surface area contributed by atoms with E-state index in [1.165, 1.54) is 0 Å². The summed E-state index contributed by atoms with van der Waals surface area (Å²) < 4.78 is 0. The van der Waals surface area contributed by atoms with Crippen LogP contribution in [0.15, 0.2) is 18.2 Å². The predicted octanol–water partition coefficient (Wildman–Crippen LogP) is 1.42. The fraction of sp³-hybridized carbons (Fsp3) is 0.500. The lowest BCUT2D eigenvalue weighted by Crippen LogP contribution is -2.52. The maximum absolute atomic E-state index is 11.9. The Morgan fingerprint density at radius 2 is 2.05 bits per heavy atom. The summed E-state index contributed by atoms with van der Waals surface area (Å²) in [5.74, 6) is 0.0598. The number of hydrogen-bond acceptors (Lipinski definition) is 3. The lowest BCUT2D eigenvalue weighted by molar-refractivity contribution is -0.115.